The highest BCUT2D eigenvalue weighted by molar-refractivity contribution is 5.80. The van der Waals surface area contributed by atoms with Gasteiger partial charge in [0.2, 0.25) is 11.8 Å². The van der Waals surface area contributed by atoms with Crippen molar-refractivity contribution in [1.82, 2.24) is 10.6 Å². The van der Waals surface area contributed by atoms with E-state index in [0.29, 0.717) is 13.0 Å². The maximum Gasteiger partial charge on any atom is 0.223 e. The molecule has 132 valence electrons. The Bertz CT molecular complexity index is 386. The van der Waals surface area contributed by atoms with Gasteiger partial charge in [-0.2, -0.15) is 0 Å². The molecule has 2 aliphatic rings. The minimum absolute atomic E-state index is 0.0633. The molecule has 0 saturated heterocycles. The molecule has 0 spiro atoms. The highest BCUT2D eigenvalue weighted by atomic mass is 16.3. The van der Waals surface area contributed by atoms with Crippen molar-refractivity contribution in [3.8, 4) is 0 Å². The number of hydrogen-bond acceptors (Lipinski definition) is 3. The number of aliphatic hydroxyl groups excluding tert-OH is 1. The predicted octanol–water partition coefficient (Wildman–Crippen LogP) is 2.13. The van der Waals surface area contributed by atoms with E-state index in [9.17, 15) is 14.7 Å². The zero-order valence-corrected chi connectivity index (χ0v) is 14.4. The molecule has 0 radical (unpaired) electrons. The van der Waals surface area contributed by atoms with E-state index < -0.39 is 0 Å². The van der Waals surface area contributed by atoms with Gasteiger partial charge in [0.1, 0.15) is 0 Å². The third kappa shape index (κ3) is 5.79. The largest absolute Gasteiger partial charge is 0.393 e. The van der Waals surface area contributed by atoms with Crippen LogP contribution in [0, 0.1) is 11.8 Å². The van der Waals surface area contributed by atoms with Crippen molar-refractivity contribution >= 4 is 11.8 Å². The minimum Gasteiger partial charge on any atom is -0.393 e. The lowest BCUT2D eigenvalue weighted by atomic mass is 9.85. The van der Waals surface area contributed by atoms with Gasteiger partial charge in [-0.1, -0.05) is 19.8 Å². The van der Waals surface area contributed by atoms with Gasteiger partial charge in [-0.15, -0.1) is 0 Å². The second-order valence-electron chi connectivity index (χ2n) is 7.18. The maximum atomic E-state index is 12.1. The molecule has 3 N–H and O–H groups in total. The van der Waals surface area contributed by atoms with E-state index in [1.54, 1.807) is 0 Å². The molecule has 0 aromatic heterocycles. The molecule has 5 heteroatoms. The first-order chi connectivity index (χ1) is 11.1. The lowest BCUT2D eigenvalue weighted by molar-refractivity contribution is -0.126. The Labute approximate surface area is 139 Å². The molecule has 2 amide bonds. The second kappa shape index (κ2) is 9.26. The average Bonchev–Trinajstić information content (AvgIpc) is 3.09. The standard InChI is InChI=1S/C18H32N2O3/c1-2-16(21)11-12-19-17(22)14-7-9-15(10-8-14)20-18(23)13-5-3-4-6-13/h13-16,21H,2-12H2,1H3,(H,19,22)(H,20,23). The Morgan fingerprint density at radius 3 is 2.22 bits per heavy atom. The summed E-state index contributed by atoms with van der Waals surface area (Å²) in [7, 11) is 0. The number of hydrogen-bond donors (Lipinski definition) is 3. The van der Waals surface area contributed by atoms with Crippen molar-refractivity contribution in [2.45, 2.75) is 83.3 Å². The summed E-state index contributed by atoms with van der Waals surface area (Å²) in [6.07, 6.45) is 8.93. The first kappa shape index (κ1) is 18.2. The topological polar surface area (TPSA) is 78.4 Å². The van der Waals surface area contributed by atoms with Crippen LogP contribution >= 0.6 is 0 Å². The summed E-state index contributed by atoms with van der Waals surface area (Å²) in [4.78, 5) is 24.3. The van der Waals surface area contributed by atoms with Crippen molar-refractivity contribution in [1.29, 1.82) is 0 Å². The van der Waals surface area contributed by atoms with E-state index in [0.717, 1.165) is 44.9 Å². The SMILES string of the molecule is CCC(O)CCNC(=O)C1CCC(NC(=O)C2CCCC2)CC1. The third-order valence-corrected chi connectivity index (χ3v) is 5.42. The van der Waals surface area contributed by atoms with Crippen LogP contribution in [0.3, 0.4) is 0 Å². The van der Waals surface area contributed by atoms with Gasteiger partial charge in [0.25, 0.3) is 0 Å². The molecule has 2 rings (SSSR count). The molecule has 0 bridgehead atoms. The quantitative estimate of drug-likeness (QED) is 0.671. The van der Waals surface area contributed by atoms with Crippen LogP contribution in [0.1, 0.15) is 71.1 Å². The number of carbonyl (C=O) groups is 2. The molecule has 0 aromatic rings. The minimum atomic E-state index is -0.322. The van der Waals surface area contributed by atoms with Crippen LogP contribution in [0.4, 0.5) is 0 Å². The predicted molar refractivity (Wildman–Crippen MR) is 89.8 cm³/mol. The average molecular weight is 324 g/mol. The van der Waals surface area contributed by atoms with Crippen LogP contribution in [0.2, 0.25) is 0 Å². The normalized spacial score (nSPS) is 26.7. The fourth-order valence-electron chi connectivity index (χ4n) is 3.72. The van der Waals surface area contributed by atoms with E-state index >= 15 is 0 Å². The Morgan fingerprint density at radius 1 is 1.00 bits per heavy atom. The molecule has 0 aromatic carbocycles. The Hall–Kier alpha value is -1.10. The molecular weight excluding hydrogens is 292 g/mol. The van der Waals surface area contributed by atoms with Crippen LogP contribution in [0.5, 0.6) is 0 Å². The molecule has 2 saturated carbocycles. The van der Waals surface area contributed by atoms with Crippen LogP contribution in [-0.4, -0.2) is 35.6 Å². The number of rotatable bonds is 7. The van der Waals surface area contributed by atoms with E-state index in [4.69, 9.17) is 0 Å². The molecular formula is C18H32N2O3. The molecule has 0 aliphatic heterocycles. The lowest BCUT2D eigenvalue weighted by Crippen LogP contribution is -2.42. The summed E-state index contributed by atoms with van der Waals surface area (Å²) in [5.74, 6) is 0.618. The zero-order chi connectivity index (χ0) is 16.7. The molecule has 1 atom stereocenters. The Kier molecular flexibility index (Phi) is 7.34. The van der Waals surface area contributed by atoms with Crippen molar-refractivity contribution < 1.29 is 14.7 Å². The van der Waals surface area contributed by atoms with Crippen molar-refractivity contribution in [3.63, 3.8) is 0 Å². The molecule has 23 heavy (non-hydrogen) atoms. The van der Waals surface area contributed by atoms with Gasteiger partial charge in [-0.25, -0.2) is 0 Å². The number of carbonyl (C=O) groups excluding carboxylic acids is 2. The zero-order valence-electron chi connectivity index (χ0n) is 14.4. The van der Waals surface area contributed by atoms with Crippen molar-refractivity contribution in [3.05, 3.63) is 0 Å². The van der Waals surface area contributed by atoms with E-state index in [-0.39, 0.29) is 35.8 Å². The Morgan fingerprint density at radius 2 is 1.61 bits per heavy atom. The van der Waals surface area contributed by atoms with E-state index in [1.807, 2.05) is 6.92 Å². The van der Waals surface area contributed by atoms with Crippen molar-refractivity contribution in [2.24, 2.45) is 11.8 Å². The summed E-state index contributed by atoms with van der Waals surface area (Å²) in [6, 6.07) is 0.245. The maximum absolute atomic E-state index is 12.1. The van der Waals surface area contributed by atoms with Crippen molar-refractivity contribution in [2.75, 3.05) is 6.54 Å². The van der Waals surface area contributed by atoms with Gasteiger partial charge in [-0.3, -0.25) is 9.59 Å². The van der Waals surface area contributed by atoms with Crippen LogP contribution in [0.25, 0.3) is 0 Å². The molecule has 2 fully saturated rings. The van der Waals surface area contributed by atoms with Gasteiger partial charge >= 0.3 is 0 Å². The molecule has 2 aliphatic carbocycles. The van der Waals surface area contributed by atoms with E-state index in [1.165, 1.54) is 12.8 Å². The summed E-state index contributed by atoms with van der Waals surface area (Å²) >= 11 is 0. The van der Waals surface area contributed by atoms with Crippen LogP contribution < -0.4 is 10.6 Å². The fraction of sp³-hybridized carbons (Fsp3) is 0.889. The number of amides is 2. The molecule has 5 nitrogen and oxygen atoms in total. The van der Waals surface area contributed by atoms with Gasteiger partial charge in [0.15, 0.2) is 0 Å². The van der Waals surface area contributed by atoms with Gasteiger partial charge < -0.3 is 15.7 Å². The summed E-state index contributed by atoms with van der Waals surface area (Å²) < 4.78 is 0. The monoisotopic (exact) mass is 324 g/mol. The highest BCUT2D eigenvalue weighted by Gasteiger charge is 2.29. The third-order valence-electron chi connectivity index (χ3n) is 5.42. The smallest absolute Gasteiger partial charge is 0.223 e. The second-order valence-corrected chi connectivity index (χ2v) is 7.18. The summed E-state index contributed by atoms with van der Waals surface area (Å²) in [6.45, 7) is 2.49. The van der Waals surface area contributed by atoms with Crippen LogP contribution in [-0.2, 0) is 9.59 Å². The summed E-state index contributed by atoms with van der Waals surface area (Å²) in [5.41, 5.74) is 0. The lowest BCUT2D eigenvalue weighted by Gasteiger charge is -2.29. The van der Waals surface area contributed by atoms with Crippen LogP contribution in [0.15, 0.2) is 0 Å². The molecule has 1 unspecified atom stereocenters. The van der Waals surface area contributed by atoms with E-state index in [2.05, 4.69) is 10.6 Å². The van der Waals surface area contributed by atoms with Gasteiger partial charge in [-0.05, 0) is 51.4 Å². The summed E-state index contributed by atoms with van der Waals surface area (Å²) in [5, 5.41) is 15.6. The highest BCUT2D eigenvalue weighted by Crippen LogP contribution is 2.27. The van der Waals surface area contributed by atoms with Gasteiger partial charge in [0, 0.05) is 24.4 Å². The molecule has 0 heterocycles. The fourth-order valence-corrected chi connectivity index (χ4v) is 3.72. The van der Waals surface area contributed by atoms with Gasteiger partial charge in [0.05, 0.1) is 6.10 Å². The first-order valence-electron chi connectivity index (χ1n) is 9.36. The first-order valence-corrected chi connectivity index (χ1v) is 9.36. The number of nitrogens with one attached hydrogen (secondary N) is 2. The Balaban J connectivity index is 1.63. The number of aliphatic hydroxyl groups is 1.